The SMILES string of the molecule is CCCCCCCCCCCC(=O)O[C@H](CCCCCCCCCCC)CC(=O)O[C@@H]1[C@@H](NC(=O)C[C@H](CCCCCCCCCCC)OC(=O)CCCCCCCCCCC)[C@H](OCC2CCCN2C(=O)C[C@@H](CCCCCCCCCCC)OC(=O)CCCCCCCCCCC)O[C@H](CO)[C@H]1OP(=O)(O)O. The normalized spacial score (nSPS) is 18.2. The molecule has 109 heavy (non-hydrogen) atoms. The standard InChI is InChI=1S/C89H167N2O17P/c1-7-13-19-25-31-37-43-49-55-63-76(103-82(95)66-58-52-46-40-34-28-22-16-10-4)70-80(93)90-86-88(107-85(98)72-78(65-57-51-45-39-33-27-21-15-9-3)105-84(97)68-60-54-48-42-36-30-24-18-12-6)87(108-109(99,100)101)79(73-92)106-89(86)102-74-75-62-61-69-91(75)81(94)71-77(64-56-50-44-38-32-26-20-14-8-2)104-83(96)67-59-53-47-41-35-29-23-17-11-5/h75-79,86-89,92H,7-74H2,1-6H3,(H,90,93)(H2,99,100,101)/t75?,76-,77+,78+,79+,86+,87+,88+,89+/m0/s1. The van der Waals surface area contributed by atoms with Crippen LogP contribution in [0.25, 0.3) is 0 Å². The second-order valence-electron chi connectivity index (χ2n) is 32.6. The van der Waals surface area contributed by atoms with Gasteiger partial charge in [-0.15, -0.1) is 0 Å². The summed E-state index contributed by atoms with van der Waals surface area (Å²) >= 11 is 0. The Morgan fingerprint density at radius 1 is 0.413 bits per heavy atom. The molecule has 2 amide bonds. The largest absolute Gasteiger partial charge is 0.470 e. The van der Waals surface area contributed by atoms with E-state index in [4.69, 9.17) is 32.9 Å². The summed E-state index contributed by atoms with van der Waals surface area (Å²) in [4.78, 5) is 109. The van der Waals surface area contributed by atoms with Crippen LogP contribution in [0.1, 0.15) is 459 Å². The number of likely N-dealkylation sites (tertiary alicyclic amines) is 1. The summed E-state index contributed by atoms with van der Waals surface area (Å²) < 4.78 is 56.5. The van der Waals surface area contributed by atoms with Gasteiger partial charge in [-0.05, 0) is 70.6 Å². The highest BCUT2D eigenvalue weighted by molar-refractivity contribution is 7.46. The molecular formula is C89H167N2O17P. The molecule has 2 heterocycles. The molecule has 2 fully saturated rings. The van der Waals surface area contributed by atoms with E-state index in [-0.39, 0.29) is 44.2 Å². The number of aliphatic hydroxyl groups excluding tert-OH is 1. The molecule has 20 heteroatoms. The number of hydrogen-bond donors (Lipinski definition) is 4. The average molecular weight is 1570 g/mol. The highest BCUT2D eigenvalue weighted by Crippen LogP contribution is 2.43. The Morgan fingerprint density at radius 2 is 0.725 bits per heavy atom. The number of phosphoric ester groups is 1. The first-order chi connectivity index (χ1) is 53.0. The summed E-state index contributed by atoms with van der Waals surface area (Å²) in [7, 11) is -5.48. The second kappa shape index (κ2) is 70.2. The molecule has 0 aliphatic carbocycles. The molecule has 1 unspecified atom stereocenters. The minimum Gasteiger partial charge on any atom is -0.462 e. The van der Waals surface area contributed by atoms with Gasteiger partial charge in [-0.25, -0.2) is 4.57 Å². The van der Waals surface area contributed by atoms with Crippen molar-refractivity contribution in [2.24, 2.45) is 0 Å². The lowest BCUT2D eigenvalue weighted by Crippen LogP contribution is -2.66. The summed E-state index contributed by atoms with van der Waals surface area (Å²) in [6, 6.07) is -2.10. The van der Waals surface area contributed by atoms with Crippen molar-refractivity contribution >= 4 is 43.5 Å². The van der Waals surface area contributed by atoms with Crippen LogP contribution in [-0.2, 0) is 66.3 Å². The maximum absolute atomic E-state index is 15.0. The first-order valence-corrected chi connectivity index (χ1v) is 47.5. The number of ether oxygens (including phenoxy) is 6. The van der Waals surface area contributed by atoms with Crippen LogP contribution >= 0.6 is 7.82 Å². The summed E-state index contributed by atoms with van der Waals surface area (Å²) in [5.74, 6) is -2.91. The predicted octanol–water partition coefficient (Wildman–Crippen LogP) is 23.0. The molecule has 2 rings (SSSR count). The molecule has 0 aromatic carbocycles. The van der Waals surface area contributed by atoms with Crippen molar-refractivity contribution in [2.45, 2.75) is 514 Å². The smallest absolute Gasteiger partial charge is 0.462 e. The quantitative estimate of drug-likeness (QED) is 0.0191. The van der Waals surface area contributed by atoms with E-state index in [1.54, 1.807) is 4.90 Å². The van der Waals surface area contributed by atoms with Crippen LogP contribution in [-0.4, -0.2) is 130 Å². The van der Waals surface area contributed by atoms with Gasteiger partial charge >= 0.3 is 31.7 Å². The van der Waals surface area contributed by atoms with Gasteiger partial charge in [0.05, 0.1) is 38.5 Å². The maximum Gasteiger partial charge on any atom is 0.470 e. The number of rotatable bonds is 77. The summed E-state index contributed by atoms with van der Waals surface area (Å²) in [5.41, 5.74) is 0. The van der Waals surface area contributed by atoms with Crippen LogP contribution in [0, 0.1) is 0 Å². The number of esters is 4. The molecular weight excluding hydrogens is 1400 g/mol. The Labute approximate surface area is 665 Å². The molecule has 0 aromatic rings. The number of carbonyl (C=O) groups is 6. The number of unbranched alkanes of at least 4 members (excludes halogenated alkanes) is 48. The first-order valence-electron chi connectivity index (χ1n) is 46.0. The van der Waals surface area contributed by atoms with Crippen LogP contribution in [0.4, 0.5) is 0 Å². The Balaban J connectivity index is 2.62. The van der Waals surface area contributed by atoms with Crippen molar-refractivity contribution in [3.05, 3.63) is 0 Å². The van der Waals surface area contributed by atoms with E-state index in [0.717, 1.165) is 154 Å². The number of nitrogens with one attached hydrogen (secondary N) is 1. The molecule has 2 saturated heterocycles. The Hall–Kier alpha value is -3.19. The van der Waals surface area contributed by atoms with E-state index < -0.39 is 99.7 Å². The van der Waals surface area contributed by atoms with Crippen LogP contribution < -0.4 is 5.32 Å². The van der Waals surface area contributed by atoms with E-state index in [0.29, 0.717) is 70.8 Å². The van der Waals surface area contributed by atoms with Crippen molar-refractivity contribution in [3.8, 4) is 0 Å². The number of carbonyl (C=O) groups excluding carboxylic acids is 6. The second-order valence-corrected chi connectivity index (χ2v) is 33.8. The molecule has 2 aliphatic rings. The van der Waals surface area contributed by atoms with Crippen molar-refractivity contribution in [3.63, 3.8) is 0 Å². The molecule has 0 radical (unpaired) electrons. The van der Waals surface area contributed by atoms with Gasteiger partial charge in [0.25, 0.3) is 0 Å². The Bertz CT molecular complexity index is 2260. The zero-order valence-electron chi connectivity index (χ0n) is 70.7. The monoisotopic (exact) mass is 1570 g/mol. The van der Waals surface area contributed by atoms with E-state index in [2.05, 4.69) is 46.9 Å². The van der Waals surface area contributed by atoms with Crippen molar-refractivity contribution in [1.82, 2.24) is 10.2 Å². The number of nitrogens with zero attached hydrogens (tertiary/aromatic N) is 1. The van der Waals surface area contributed by atoms with Gasteiger partial charge in [-0.2, -0.15) is 0 Å². The van der Waals surface area contributed by atoms with Crippen LogP contribution in [0.2, 0.25) is 0 Å². The van der Waals surface area contributed by atoms with Crippen LogP contribution in [0.3, 0.4) is 0 Å². The fraction of sp³-hybridized carbons (Fsp3) is 0.933. The van der Waals surface area contributed by atoms with Crippen molar-refractivity contribution in [2.75, 3.05) is 19.8 Å². The minimum absolute atomic E-state index is 0.0136. The van der Waals surface area contributed by atoms with Crippen LogP contribution in [0.15, 0.2) is 0 Å². The Kier molecular flexibility index (Phi) is 65.7. The summed E-state index contributed by atoms with van der Waals surface area (Å²) in [5, 5.41) is 14.1. The van der Waals surface area contributed by atoms with Gasteiger partial charge in [-0.3, -0.25) is 33.3 Å². The van der Waals surface area contributed by atoms with E-state index in [1.165, 1.54) is 167 Å². The van der Waals surface area contributed by atoms with Gasteiger partial charge < -0.3 is 53.5 Å². The zero-order valence-corrected chi connectivity index (χ0v) is 71.6. The van der Waals surface area contributed by atoms with E-state index >= 15 is 4.79 Å². The lowest BCUT2D eigenvalue weighted by molar-refractivity contribution is -0.273. The number of aliphatic hydroxyl groups is 1. The number of hydrogen-bond acceptors (Lipinski definition) is 15. The predicted molar refractivity (Wildman–Crippen MR) is 440 cm³/mol. The highest BCUT2D eigenvalue weighted by Gasteiger charge is 2.53. The van der Waals surface area contributed by atoms with Gasteiger partial charge in [0.15, 0.2) is 12.4 Å². The minimum atomic E-state index is -5.48. The topological polar surface area (TPSA) is 260 Å². The van der Waals surface area contributed by atoms with Crippen LogP contribution in [0.5, 0.6) is 0 Å². The highest BCUT2D eigenvalue weighted by atomic mass is 31.2. The fourth-order valence-corrected chi connectivity index (χ4v) is 16.2. The lowest BCUT2D eigenvalue weighted by atomic mass is 9.95. The summed E-state index contributed by atoms with van der Waals surface area (Å²) in [6.45, 7) is 12.6. The summed E-state index contributed by atoms with van der Waals surface area (Å²) in [6.07, 6.45) is 51.6. The third-order valence-corrected chi connectivity index (χ3v) is 22.8. The molecule has 19 nitrogen and oxygen atoms in total. The fourth-order valence-electron chi connectivity index (χ4n) is 15.6. The maximum atomic E-state index is 15.0. The van der Waals surface area contributed by atoms with Crippen molar-refractivity contribution in [1.29, 1.82) is 0 Å². The van der Waals surface area contributed by atoms with Gasteiger partial charge in [0.1, 0.15) is 36.6 Å². The third-order valence-electron chi connectivity index (χ3n) is 22.3. The molecule has 2 aliphatic heterocycles. The third kappa shape index (κ3) is 55.9. The van der Waals surface area contributed by atoms with Gasteiger partial charge in [0.2, 0.25) is 11.8 Å². The van der Waals surface area contributed by atoms with E-state index in [9.17, 15) is 43.4 Å². The molecule has 9 atom stereocenters. The Morgan fingerprint density at radius 3 is 1.06 bits per heavy atom. The lowest BCUT2D eigenvalue weighted by Gasteiger charge is -2.45. The molecule has 4 N–H and O–H groups in total. The number of phosphoric acid groups is 1. The van der Waals surface area contributed by atoms with Gasteiger partial charge in [-0.1, -0.05) is 350 Å². The van der Waals surface area contributed by atoms with E-state index in [1.807, 2.05) is 0 Å². The average Bonchev–Trinajstić information content (AvgIpc) is 0.909. The molecule has 0 aromatic heterocycles. The molecule has 0 spiro atoms. The first kappa shape index (κ1) is 102. The van der Waals surface area contributed by atoms with Gasteiger partial charge in [0, 0.05) is 25.8 Å². The zero-order chi connectivity index (χ0) is 79.5. The molecule has 640 valence electrons. The number of amides is 2. The van der Waals surface area contributed by atoms with Crippen molar-refractivity contribution < 1.29 is 81.2 Å². The molecule has 0 saturated carbocycles. The molecule has 0 bridgehead atoms.